The fourth-order valence-corrected chi connectivity index (χ4v) is 6.79. The molecule has 0 radical (unpaired) electrons. The van der Waals surface area contributed by atoms with Gasteiger partial charge in [0.15, 0.2) is 0 Å². The van der Waals surface area contributed by atoms with Crippen molar-refractivity contribution in [1.29, 1.82) is 0 Å². The smallest absolute Gasteiger partial charge is 0.238 e. The molecule has 1 aromatic heterocycles. The zero-order chi connectivity index (χ0) is 25.7. The molecular weight excluding hydrogens is 492 g/mol. The molecule has 8 heteroatoms. The van der Waals surface area contributed by atoms with Gasteiger partial charge in [0.25, 0.3) is 0 Å². The Balaban J connectivity index is 1.62. The normalized spacial score (nSPS) is 16.8. The molecule has 2 atom stereocenters. The van der Waals surface area contributed by atoms with E-state index in [-0.39, 0.29) is 24.5 Å². The Morgan fingerprint density at radius 3 is 2.56 bits per heavy atom. The Morgan fingerprint density at radius 1 is 1.17 bits per heavy atom. The van der Waals surface area contributed by atoms with Gasteiger partial charge in [-0.25, -0.2) is 8.42 Å². The van der Waals surface area contributed by atoms with Crippen molar-refractivity contribution in [1.82, 2.24) is 9.21 Å². The fourth-order valence-electron chi connectivity index (χ4n) is 4.46. The first-order chi connectivity index (χ1) is 17.3. The van der Waals surface area contributed by atoms with E-state index in [4.69, 9.17) is 4.74 Å². The molecule has 1 aliphatic heterocycles. The van der Waals surface area contributed by atoms with Crippen molar-refractivity contribution in [3.8, 4) is 5.75 Å². The van der Waals surface area contributed by atoms with Crippen LogP contribution < -0.4 is 4.74 Å². The highest BCUT2D eigenvalue weighted by Gasteiger charge is 2.35. The maximum absolute atomic E-state index is 13.8. The Hall–Kier alpha value is -2.94. The molecule has 2 heterocycles. The molecule has 190 valence electrons. The summed E-state index contributed by atoms with van der Waals surface area (Å²) in [5.41, 5.74) is 2.87. The first-order valence-corrected chi connectivity index (χ1v) is 14.5. The van der Waals surface area contributed by atoms with Gasteiger partial charge in [-0.05, 0) is 66.1 Å². The average molecular weight is 525 g/mol. The Labute approximate surface area is 217 Å². The third-order valence-electron chi connectivity index (χ3n) is 6.65. The molecule has 0 saturated carbocycles. The van der Waals surface area contributed by atoms with Crippen LogP contribution in [0.3, 0.4) is 0 Å². The van der Waals surface area contributed by atoms with E-state index in [0.29, 0.717) is 13.0 Å². The van der Waals surface area contributed by atoms with Gasteiger partial charge in [-0.3, -0.25) is 4.79 Å². The minimum Gasteiger partial charge on any atom is -0.497 e. The highest BCUT2D eigenvalue weighted by molar-refractivity contribution is 7.92. The van der Waals surface area contributed by atoms with E-state index in [2.05, 4.69) is 11.4 Å². The van der Waals surface area contributed by atoms with E-state index < -0.39 is 10.0 Å². The van der Waals surface area contributed by atoms with Crippen LogP contribution in [0.5, 0.6) is 5.75 Å². The number of carbonyl (C=O) groups is 1. The first kappa shape index (κ1) is 26.1. The SMILES string of the molecule is CCC(C)N(CC(=O)N1CCc2sccc2C1c1ccc(OC)cc1)S(=O)(=O)/C=C/c1ccccc1. The molecule has 2 unspecified atom stereocenters. The number of hydrogen-bond acceptors (Lipinski definition) is 5. The number of amides is 1. The molecule has 1 amide bonds. The van der Waals surface area contributed by atoms with Gasteiger partial charge in [0.2, 0.25) is 15.9 Å². The van der Waals surface area contributed by atoms with E-state index in [0.717, 1.165) is 28.9 Å². The van der Waals surface area contributed by atoms with Crippen LogP contribution in [-0.2, 0) is 21.2 Å². The first-order valence-electron chi connectivity index (χ1n) is 12.1. The van der Waals surface area contributed by atoms with Crippen LogP contribution in [0.2, 0.25) is 0 Å². The number of ether oxygens (including phenoxy) is 1. The van der Waals surface area contributed by atoms with Crippen LogP contribution >= 0.6 is 11.3 Å². The van der Waals surface area contributed by atoms with Gasteiger partial charge in [-0.2, -0.15) is 4.31 Å². The van der Waals surface area contributed by atoms with Crippen LogP contribution in [-0.4, -0.2) is 49.8 Å². The zero-order valence-electron chi connectivity index (χ0n) is 20.8. The van der Waals surface area contributed by atoms with Gasteiger partial charge in [0.1, 0.15) is 5.75 Å². The van der Waals surface area contributed by atoms with Crippen molar-refractivity contribution in [3.05, 3.63) is 93.0 Å². The lowest BCUT2D eigenvalue weighted by Crippen LogP contribution is -2.48. The largest absolute Gasteiger partial charge is 0.497 e. The lowest BCUT2D eigenvalue weighted by Gasteiger charge is -2.38. The predicted molar refractivity (Wildman–Crippen MR) is 145 cm³/mol. The molecule has 36 heavy (non-hydrogen) atoms. The number of benzene rings is 2. The summed E-state index contributed by atoms with van der Waals surface area (Å²) in [5.74, 6) is 0.543. The molecule has 4 rings (SSSR count). The number of rotatable bonds is 9. The average Bonchev–Trinajstić information content (AvgIpc) is 3.39. The second-order valence-corrected chi connectivity index (χ2v) is 11.6. The molecule has 3 aromatic rings. The summed E-state index contributed by atoms with van der Waals surface area (Å²) < 4.78 is 33.3. The zero-order valence-corrected chi connectivity index (χ0v) is 22.5. The second-order valence-electron chi connectivity index (χ2n) is 8.87. The number of sulfonamides is 1. The highest BCUT2D eigenvalue weighted by atomic mass is 32.2. The van der Waals surface area contributed by atoms with Gasteiger partial charge in [-0.15, -0.1) is 11.3 Å². The predicted octanol–water partition coefficient (Wildman–Crippen LogP) is 5.33. The van der Waals surface area contributed by atoms with Gasteiger partial charge in [0, 0.05) is 22.9 Å². The summed E-state index contributed by atoms with van der Waals surface area (Å²) in [7, 11) is -2.19. The van der Waals surface area contributed by atoms with Gasteiger partial charge in [0.05, 0.1) is 19.7 Å². The Morgan fingerprint density at radius 2 is 1.89 bits per heavy atom. The van der Waals surface area contributed by atoms with E-state index >= 15 is 0 Å². The van der Waals surface area contributed by atoms with Crippen molar-refractivity contribution < 1.29 is 17.9 Å². The molecule has 0 aliphatic carbocycles. The molecule has 0 spiro atoms. The number of fused-ring (bicyclic) bond motifs is 1. The summed E-state index contributed by atoms with van der Waals surface area (Å²) in [6, 6.07) is 18.5. The van der Waals surface area contributed by atoms with E-state index in [1.54, 1.807) is 24.5 Å². The van der Waals surface area contributed by atoms with E-state index in [1.165, 1.54) is 14.6 Å². The van der Waals surface area contributed by atoms with Crippen LogP contribution in [0, 0.1) is 0 Å². The quantitative estimate of drug-likeness (QED) is 0.379. The van der Waals surface area contributed by atoms with Crippen LogP contribution in [0.25, 0.3) is 6.08 Å². The van der Waals surface area contributed by atoms with Gasteiger partial charge in [-0.1, -0.05) is 49.4 Å². The lowest BCUT2D eigenvalue weighted by atomic mass is 9.93. The molecule has 6 nitrogen and oxygen atoms in total. The monoisotopic (exact) mass is 524 g/mol. The van der Waals surface area contributed by atoms with Crippen LogP contribution in [0.1, 0.15) is 47.9 Å². The summed E-state index contributed by atoms with van der Waals surface area (Å²) in [6.07, 6.45) is 2.94. The molecule has 0 N–H and O–H groups in total. The molecular formula is C28H32N2O4S2. The van der Waals surface area contributed by atoms with Crippen molar-refractivity contribution >= 4 is 33.3 Å². The van der Waals surface area contributed by atoms with Crippen LogP contribution in [0.4, 0.5) is 0 Å². The van der Waals surface area contributed by atoms with Gasteiger partial charge >= 0.3 is 0 Å². The topological polar surface area (TPSA) is 66.9 Å². The summed E-state index contributed by atoms with van der Waals surface area (Å²) in [4.78, 5) is 16.8. The lowest BCUT2D eigenvalue weighted by molar-refractivity contribution is -0.133. The third kappa shape index (κ3) is 5.72. The summed E-state index contributed by atoms with van der Waals surface area (Å²) in [6.45, 7) is 4.10. The van der Waals surface area contributed by atoms with E-state index in [1.807, 2.05) is 73.3 Å². The minimum atomic E-state index is -3.82. The summed E-state index contributed by atoms with van der Waals surface area (Å²) >= 11 is 1.70. The highest BCUT2D eigenvalue weighted by Crippen LogP contribution is 2.38. The van der Waals surface area contributed by atoms with Crippen molar-refractivity contribution in [3.63, 3.8) is 0 Å². The maximum atomic E-state index is 13.8. The van der Waals surface area contributed by atoms with E-state index in [9.17, 15) is 13.2 Å². The molecule has 2 aromatic carbocycles. The molecule has 1 aliphatic rings. The molecule has 0 bridgehead atoms. The molecule has 0 saturated heterocycles. The molecule has 0 fully saturated rings. The van der Waals surface area contributed by atoms with Crippen LogP contribution in [0.15, 0.2) is 71.5 Å². The van der Waals surface area contributed by atoms with Gasteiger partial charge < -0.3 is 9.64 Å². The summed E-state index contributed by atoms with van der Waals surface area (Å²) in [5, 5.41) is 3.26. The standard InChI is InChI=1S/C28H32N2O4S2/c1-4-21(2)30(36(32,33)19-16-22-8-6-5-7-9-22)20-27(31)29-17-14-26-25(15-18-35-26)28(29)23-10-12-24(34-3)13-11-23/h5-13,15-16,18-19,21,28H,4,14,17,20H2,1-3H3/b19-16+. The number of nitrogens with zero attached hydrogens (tertiary/aromatic N) is 2. The number of thiophene rings is 1. The van der Waals surface area contributed by atoms with Crippen molar-refractivity contribution in [2.24, 2.45) is 0 Å². The van der Waals surface area contributed by atoms with Crippen molar-refractivity contribution in [2.45, 2.75) is 38.8 Å². The van der Waals surface area contributed by atoms with Crippen molar-refractivity contribution in [2.75, 3.05) is 20.2 Å². The fraction of sp³-hybridized carbons (Fsp3) is 0.321. The number of hydrogen-bond donors (Lipinski definition) is 0. The Bertz CT molecular complexity index is 1300. The number of carbonyl (C=O) groups excluding carboxylic acids is 1. The second kappa shape index (κ2) is 11.4. The third-order valence-corrected chi connectivity index (χ3v) is 9.27. The maximum Gasteiger partial charge on any atom is 0.238 e. The minimum absolute atomic E-state index is 0.204. The number of methoxy groups -OCH3 is 1. The Kier molecular flexibility index (Phi) is 8.28.